The highest BCUT2D eigenvalue weighted by atomic mass is 16.4. The number of allylic oxidation sites excluding steroid dienone is 2. The number of amides is 2. The van der Waals surface area contributed by atoms with Crippen molar-refractivity contribution in [3.05, 3.63) is 71.8 Å². The van der Waals surface area contributed by atoms with Gasteiger partial charge in [-0.2, -0.15) is 0 Å². The van der Waals surface area contributed by atoms with Gasteiger partial charge in [-0.15, -0.1) is 0 Å². The average molecular weight is 378 g/mol. The van der Waals surface area contributed by atoms with Crippen LogP contribution in [0.4, 0.5) is 11.4 Å². The Kier molecular flexibility index (Phi) is 5.89. The van der Waals surface area contributed by atoms with Crippen molar-refractivity contribution in [3.8, 4) is 0 Å². The number of anilines is 2. The molecule has 2 amide bonds. The number of carboxylic acid groups (broad SMARTS) is 1. The number of nitrogens with one attached hydrogen (secondary N) is 2. The summed E-state index contributed by atoms with van der Waals surface area (Å²) in [7, 11) is 0. The van der Waals surface area contributed by atoms with Gasteiger partial charge in [0.2, 0.25) is 5.91 Å². The Balaban J connectivity index is 1.76. The van der Waals surface area contributed by atoms with E-state index in [1.165, 1.54) is 0 Å². The van der Waals surface area contributed by atoms with Crippen LogP contribution in [-0.2, 0) is 9.59 Å². The van der Waals surface area contributed by atoms with E-state index in [9.17, 15) is 19.5 Å². The van der Waals surface area contributed by atoms with Crippen molar-refractivity contribution >= 4 is 29.2 Å². The van der Waals surface area contributed by atoms with E-state index in [0.29, 0.717) is 29.8 Å². The van der Waals surface area contributed by atoms with E-state index in [0.717, 1.165) is 5.56 Å². The predicted molar refractivity (Wildman–Crippen MR) is 107 cm³/mol. The van der Waals surface area contributed by atoms with Crippen LogP contribution in [0, 0.1) is 18.8 Å². The van der Waals surface area contributed by atoms with Gasteiger partial charge in [0, 0.05) is 16.9 Å². The molecule has 0 aromatic heterocycles. The number of rotatable bonds is 5. The minimum Gasteiger partial charge on any atom is -0.481 e. The topological polar surface area (TPSA) is 95.5 Å². The number of carboxylic acids is 1. The van der Waals surface area contributed by atoms with Gasteiger partial charge in [-0.1, -0.05) is 36.4 Å². The molecule has 0 saturated carbocycles. The maximum absolute atomic E-state index is 12.7. The molecule has 0 aliphatic heterocycles. The molecule has 2 atom stereocenters. The number of aliphatic carboxylic acids is 1. The molecule has 3 rings (SSSR count). The Morgan fingerprint density at radius 3 is 2.29 bits per heavy atom. The summed E-state index contributed by atoms with van der Waals surface area (Å²) in [5.41, 5.74) is 2.38. The third-order valence-electron chi connectivity index (χ3n) is 4.88. The zero-order chi connectivity index (χ0) is 20.1. The number of benzene rings is 2. The Morgan fingerprint density at radius 2 is 1.61 bits per heavy atom. The lowest BCUT2D eigenvalue weighted by molar-refractivity contribution is -0.146. The summed E-state index contributed by atoms with van der Waals surface area (Å²) in [6.07, 6.45) is 4.35. The smallest absolute Gasteiger partial charge is 0.307 e. The van der Waals surface area contributed by atoms with Gasteiger partial charge in [0.15, 0.2) is 0 Å². The molecule has 0 unspecified atom stereocenters. The Bertz CT molecular complexity index is 921. The molecular weight excluding hydrogens is 356 g/mol. The van der Waals surface area contributed by atoms with E-state index in [2.05, 4.69) is 10.6 Å². The zero-order valence-corrected chi connectivity index (χ0v) is 15.5. The molecule has 6 heteroatoms. The second kappa shape index (κ2) is 8.52. The summed E-state index contributed by atoms with van der Waals surface area (Å²) < 4.78 is 0. The zero-order valence-electron chi connectivity index (χ0n) is 15.5. The van der Waals surface area contributed by atoms with Crippen molar-refractivity contribution < 1.29 is 19.5 Å². The van der Waals surface area contributed by atoms with Crippen molar-refractivity contribution in [1.82, 2.24) is 0 Å². The van der Waals surface area contributed by atoms with Crippen LogP contribution in [0.2, 0.25) is 0 Å². The van der Waals surface area contributed by atoms with E-state index in [4.69, 9.17) is 0 Å². The Labute approximate surface area is 163 Å². The molecule has 1 aliphatic carbocycles. The number of para-hydroxylation sites is 1. The Hall–Kier alpha value is -3.41. The highest BCUT2D eigenvalue weighted by Gasteiger charge is 2.34. The molecule has 0 fully saturated rings. The largest absolute Gasteiger partial charge is 0.481 e. The van der Waals surface area contributed by atoms with Crippen molar-refractivity contribution in [2.24, 2.45) is 11.8 Å². The lowest BCUT2D eigenvalue weighted by atomic mass is 9.82. The van der Waals surface area contributed by atoms with Gasteiger partial charge in [0.1, 0.15) is 0 Å². The number of hydrogen-bond donors (Lipinski definition) is 3. The molecule has 0 spiro atoms. The van der Waals surface area contributed by atoms with Gasteiger partial charge in [-0.25, -0.2) is 0 Å². The van der Waals surface area contributed by atoms with E-state index < -0.39 is 17.8 Å². The normalized spacial score (nSPS) is 18.3. The van der Waals surface area contributed by atoms with Crippen LogP contribution in [0.3, 0.4) is 0 Å². The summed E-state index contributed by atoms with van der Waals surface area (Å²) >= 11 is 0. The van der Waals surface area contributed by atoms with Crippen LogP contribution >= 0.6 is 0 Å². The summed E-state index contributed by atoms with van der Waals surface area (Å²) in [6, 6.07) is 14.1. The van der Waals surface area contributed by atoms with Crippen LogP contribution < -0.4 is 10.6 Å². The first-order chi connectivity index (χ1) is 13.5. The van der Waals surface area contributed by atoms with Crippen LogP contribution in [0.5, 0.6) is 0 Å². The van der Waals surface area contributed by atoms with Crippen molar-refractivity contribution in [1.29, 1.82) is 0 Å². The molecule has 3 N–H and O–H groups in total. The monoisotopic (exact) mass is 378 g/mol. The molecule has 0 saturated heterocycles. The number of hydrogen-bond acceptors (Lipinski definition) is 3. The quantitative estimate of drug-likeness (QED) is 0.689. The SMILES string of the molecule is Cc1ccc(C(=O)Nc2ccccc2)cc1NC(=O)[C@@H]1CC=CC[C@H]1C(=O)O. The molecule has 0 heterocycles. The first-order valence-corrected chi connectivity index (χ1v) is 9.11. The van der Waals surface area contributed by atoms with Gasteiger partial charge >= 0.3 is 5.97 Å². The summed E-state index contributed by atoms with van der Waals surface area (Å²) in [6.45, 7) is 1.82. The summed E-state index contributed by atoms with van der Waals surface area (Å²) in [5, 5.41) is 15.0. The average Bonchev–Trinajstić information content (AvgIpc) is 2.70. The third-order valence-corrected chi connectivity index (χ3v) is 4.88. The van der Waals surface area contributed by atoms with E-state index in [1.807, 2.05) is 31.2 Å². The lowest BCUT2D eigenvalue weighted by Gasteiger charge is -2.24. The van der Waals surface area contributed by atoms with E-state index in [-0.39, 0.29) is 11.8 Å². The second-order valence-corrected chi connectivity index (χ2v) is 6.83. The van der Waals surface area contributed by atoms with Gasteiger partial charge in [0.05, 0.1) is 11.8 Å². The van der Waals surface area contributed by atoms with Crippen molar-refractivity contribution in [3.63, 3.8) is 0 Å². The molecule has 2 aromatic carbocycles. The standard InChI is InChI=1S/C22H22N2O4/c1-14-11-12-15(20(25)23-16-7-3-2-4-8-16)13-19(14)24-21(26)17-9-5-6-10-18(17)22(27)28/h2-8,11-13,17-18H,9-10H2,1H3,(H,23,25)(H,24,26)(H,27,28)/t17-,18-/m1/s1. The first-order valence-electron chi connectivity index (χ1n) is 9.11. The summed E-state index contributed by atoms with van der Waals surface area (Å²) in [5.74, 6) is -2.98. The molecule has 0 radical (unpaired) electrons. The number of aryl methyl sites for hydroxylation is 1. The van der Waals surface area contributed by atoms with Gasteiger partial charge in [-0.05, 0) is 49.6 Å². The minimum absolute atomic E-state index is 0.286. The molecule has 2 aromatic rings. The maximum atomic E-state index is 12.7. The lowest BCUT2D eigenvalue weighted by Crippen LogP contribution is -2.34. The maximum Gasteiger partial charge on any atom is 0.307 e. The van der Waals surface area contributed by atoms with Gasteiger partial charge < -0.3 is 15.7 Å². The van der Waals surface area contributed by atoms with Gasteiger partial charge in [-0.3, -0.25) is 14.4 Å². The second-order valence-electron chi connectivity index (χ2n) is 6.83. The molecule has 6 nitrogen and oxygen atoms in total. The van der Waals surface area contributed by atoms with Crippen LogP contribution in [0.15, 0.2) is 60.7 Å². The third kappa shape index (κ3) is 4.46. The van der Waals surface area contributed by atoms with E-state index >= 15 is 0 Å². The highest BCUT2D eigenvalue weighted by Crippen LogP contribution is 2.28. The van der Waals surface area contributed by atoms with Crippen LogP contribution in [0.1, 0.15) is 28.8 Å². The predicted octanol–water partition coefficient (Wildman–Crippen LogP) is 3.85. The van der Waals surface area contributed by atoms with Gasteiger partial charge in [0.25, 0.3) is 5.91 Å². The minimum atomic E-state index is -0.975. The molecule has 28 heavy (non-hydrogen) atoms. The van der Waals surface area contributed by atoms with E-state index in [1.54, 1.807) is 36.4 Å². The molecule has 144 valence electrons. The summed E-state index contributed by atoms with van der Waals surface area (Å²) in [4.78, 5) is 36.6. The van der Waals surface area contributed by atoms with Crippen molar-refractivity contribution in [2.75, 3.05) is 10.6 Å². The highest BCUT2D eigenvalue weighted by molar-refractivity contribution is 6.05. The van der Waals surface area contributed by atoms with Crippen LogP contribution in [-0.4, -0.2) is 22.9 Å². The fourth-order valence-electron chi connectivity index (χ4n) is 3.22. The number of carbonyl (C=O) groups excluding carboxylic acids is 2. The first kappa shape index (κ1) is 19.4. The van der Waals surface area contributed by atoms with Crippen molar-refractivity contribution in [2.45, 2.75) is 19.8 Å². The fourth-order valence-corrected chi connectivity index (χ4v) is 3.22. The number of carbonyl (C=O) groups is 3. The molecular formula is C22H22N2O4. The Morgan fingerprint density at radius 1 is 0.929 bits per heavy atom. The fraction of sp³-hybridized carbons (Fsp3) is 0.227. The molecule has 0 bridgehead atoms. The van der Waals surface area contributed by atoms with Crippen LogP contribution in [0.25, 0.3) is 0 Å². The molecule has 1 aliphatic rings.